The summed E-state index contributed by atoms with van der Waals surface area (Å²) in [5, 5.41) is 0. The van der Waals surface area contributed by atoms with Gasteiger partial charge in [0.1, 0.15) is 29.4 Å². The number of hydrogen-bond donors (Lipinski definition) is 2. The van der Waals surface area contributed by atoms with Gasteiger partial charge in [-0.15, -0.1) is 0 Å². The van der Waals surface area contributed by atoms with E-state index in [1.807, 2.05) is 19.2 Å². The smallest absolute Gasteiger partial charge is 0.159 e. The van der Waals surface area contributed by atoms with Gasteiger partial charge in [0.2, 0.25) is 0 Å². The predicted octanol–water partition coefficient (Wildman–Crippen LogP) is 1.61. The molecule has 0 aliphatic carbocycles. The standard InChI is InChI=1S/C22H27F2N9O/c1-13(19-16(24)9-14(23)10-27-19)32-21-15(3-4-17(29-21)31-5-7-34-8-6-31)20(25)33(22(32)26)18-11-30(2)12-28-18/h3-4,9-13,20,22H,5-8,25-26H2,1-2H3. The molecule has 5 rings (SSSR count). The Labute approximate surface area is 195 Å². The van der Waals surface area contributed by atoms with E-state index in [2.05, 4.69) is 14.9 Å². The molecule has 12 heteroatoms. The molecule has 1 saturated heterocycles. The highest BCUT2D eigenvalue weighted by molar-refractivity contribution is 5.63. The van der Waals surface area contributed by atoms with Crippen molar-refractivity contribution in [2.45, 2.75) is 25.4 Å². The van der Waals surface area contributed by atoms with Crippen molar-refractivity contribution < 1.29 is 13.5 Å². The normalized spacial score (nSPS) is 21.5. The van der Waals surface area contributed by atoms with Gasteiger partial charge in [-0.2, -0.15) is 0 Å². The van der Waals surface area contributed by atoms with Crippen LogP contribution in [0.3, 0.4) is 0 Å². The first-order chi connectivity index (χ1) is 16.3. The molecule has 3 aromatic rings. The molecular weight excluding hydrogens is 444 g/mol. The van der Waals surface area contributed by atoms with Crippen LogP contribution in [0.1, 0.15) is 30.4 Å². The number of aromatic nitrogens is 4. The summed E-state index contributed by atoms with van der Waals surface area (Å²) in [6, 6.07) is 3.96. The Morgan fingerprint density at radius 2 is 1.88 bits per heavy atom. The second kappa shape index (κ2) is 8.78. The molecule has 0 amide bonds. The van der Waals surface area contributed by atoms with Crippen molar-refractivity contribution in [3.63, 3.8) is 0 Å². The first kappa shape index (κ1) is 22.4. The number of imidazole rings is 1. The van der Waals surface area contributed by atoms with E-state index in [1.165, 1.54) is 0 Å². The van der Waals surface area contributed by atoms with Crippen LogP contribution in [0.15, 0.2) is 36.9 Å². The molecule has 10 nitrogen and oxygen atoms in total. The zero-order valence-corrected chi connectivity index (χ0v) is 19.0. The highest BCUT2D eigenvalue weighted by Gasteiger charge is 2.41. The number of anilines is 3. The van der Waals surface area contributed by atoms with E-state index in [-0.39, 0.29) is 5.69 Å². The second-order valence-electron chi connectivity index (χ2n) is 8.45. The van der Waals surface area contributed by atoms with Crippen LogP contribution in [0.25, 0.3) is 0 Å². The van der Waals surface area contributed by atoms with Gasteiger partial charge >= 0.3 is 0 Å². The first-order valence-electron chi connectivity index (χ1n) is 11.1. The third-order valence-electron chi connectivity index (χ3n) is 6.26. The largest absolute Gasteiger partial charge is 0.378 e. The molecule has 1 fully saturated rings. The quantitative estimate of drug-likeness (QED) is 0.586. The highest BCUT2D eigenvalue weighted by atomic mass is 19.1. The Kier molecular flexibility index (Phi) is 5.80. The molecular formula is C22H27F2N9O. The Morgan fingerprint density at radius 3 is 2.56 bits per heavy atom. The van der Waals surface area contributed by atoms with Gasteiger partial charge < -0.3 is 29.7 Å². The molecule has 0 bridgehead atoms. The lowest BCUT2D eigenvalue weighted by Gasteiger charge is -2.48. The fourth-order valence-electron chi connectivity index (χ4n) is 4.52. The highest BCUT2D eigenvalue weighted by Crippen LogP contribution is 2.41. The average Bonchev–Trinajstić information content (AvgIpc) is 3.25. The Balaban J connectivity index is 1.63. The monoisotopic (exact) mass is 471 g/mol. The van der Waals surface area contributed by atoms with Gasteiger partial charge in [-0.3, -0.25) is 10.7 Å². The summed E-state index contributed by atoms with van der Waals surface area (Å²) < 4.78 is 35.6. The van der Waals surface area contributed by atoms with Crippen molar-refractivity contribution in [1.29, 1.82) is 0 Å². The number of rotatable bonds is 4. The summed E-state index contributed by atoms with van der Waals surface area (Å²) in [4.78, 5) is 19.0. The summed E-state index contributed by atoms with van der Waals surface area (Å²) >= 11 is 0. The number of halogens is 2. The van der Waals surface area contributed by atoms with Crippen molar-refractivity contribution in [2.24, 2.45) is 18.5 Å². The number of ether oxygens (including phenoxy) is 1. The van der Waals surface area contributed by atoms with Crippen molar-refractivity contribution in [3.8, 4) is 0 Å². The van der Waals surface area contributed by atoms with E-state index in [4.69, 9.17) is 21.2 Å². The molecule has 34 heavy (non-hydrogen) atoms. The molecule has 3 unspecified atom stereocenters. The molecule has 3 atom stereocenters. The fraction of sp³-hybridized carbons (Fsp3) is 0.409. The van der Waals surface area contributed by atoms with E-state index in [0.717, 1.165) is 18.1 Å². The number of nitrogens with zero attached hydrogens (tertiary/aromatic N) is 7. The van der Waals surface area contributed by atoms with Crippen molar-refractivity contribution in [3.05, 3.63) is 59.8 Å². The fourth-order valence-corrected chi connectivity index (χ4v) is 4.52. The summed E-state index contributed by atoms with van der Waals surface area (Å²) in [6.07, 6.45) is 2.97. The van der Waals surface area contributed by atoms with E-state index in [9.17, 15) is 8.78 Å². The lowest BCUT2D eigenvalue weighted by atomic mass is 10.1. The predicted molar refractivity (Wildman–Crippen MR) is 123 cm³/mol. The average molecular weight is 472 g/mol. The van der Waals surface area contributed by atoms with Crippen molar-refractivity contribution in [1.82, 2.24) is 19.5 Å². The summed E-state index contributed by atoms with van der Waals surface area (Å²) in [5.74, 6) is 0.327. The van der Waals surface area contributed by atoms with Crippen LogP contribution < -0.4 is 26.2 Å². The van der Waals surface area contributed by atoms with E-state index in [1.54, 1.807) is 33.8 Å². The SMILES string of the molecule is CC(c1ncc(F)cc1F)N1c2nc(N3CCOCC3)ccc2C(N)N(c2cn(C)cn2)C1N. The van der Waals surface area contributed by atoms with E-state index < -0.39 is 30.1 Å². The topological polar surface area (TPSA) is 115 Å². The maximum absolute atomic E-state index is 14.8. The number of fused-ring (bicyclic) bond motifs is 1. The minimum Gasteiger partial charge on any atom is -0.378 e. The molecule has 0 radical (unpaired) electrons. The van der Waals surface area contributed by atoms with E-state index in [0.29, 0.717) is 43.5 Å². The van der Waals surface area contributed by atoms with Gasteiger partial charge in [0.25, 0.3) is 0 Å². The molecule has 5 heterocycles. The Morgan fingerprint density at radius 1 is 1.12 bits per heavy atom. The van der Waals surface area contributed by atoms with Crippen LogP contribution in [-0.2, 0) is 11.8 Å². The molecule has 0 saturated carbocycles. The molecule has 2 aliphatic rings. The Hall–Kier alpha value is -3.35. The van der Waals surface area contributed by atoms with E-state index >= 15 is 0 Å². The number of hydrogen-bond acceptors (Lipinski definition) is 9. The van der Waals surface area contributed by atoms with Gasteiger partial charge in [0, 0.05) is 38.0 Å². The summed E-state index contributed by atoms with van der Waals surface area (Å²) in [7, 11) is 1.85. The lowest BCUT2D eigenvalue weighted by molar-refractivity contribution is 0.122. The zero-order valence-electron chi connectivity index (χ0n) is 19.0. The number of pyridine rings is 2. The first-order valence-corrected chi connectivity index (χ1v) is 11.1. The maximum Gasteiger partial charge on any atom is 0.159 e. The van der Waals surface area contributed by atoms with Gasteiger partial charge in [-0.05, 0) is 19.1 Å². The molecule has 3 aromatic heterocycles. The second-order valence-corrected chi connectivity index (χ2v) is 8.45. The number of morpholine rings is 1. The molecule has 2 aliphatic heterocycles. The van der Waals surface area contributed by atoms with Crippen molar-refractivity contribution >= 4 is 17.5 Å². The Bertz CT molecular complexity index is 1180. The van der Waals surface area contributed by atoms with Crippen LogP contribution in [0, 0.1) is 11.6 Å². The van der Waals surface area contributed by atoms with Crippen LogP contribution >= 0.6 is 0 Å². The van der Waals surface area contributed by atoms with Gasteiger partial charge in [0.15, 0.2) is 12.1 Å². The van der Waals surface area contributed by atoms with Gasteiger partial charge in [-0.1, -0.05) is 0 Å². The molecule has 180 valence electrons. The molecule has 0 aromatic carbocycles. The number of aryl methyl sites for hydroxylation is 1. The van der Waals surface area contributed by atoms with Crippen LogP contribution in [0.4, 0.5) is 26.2 Å². The van der Waals surface area contributed by atoms with Crippen LogP contribution in [-0.4, -0.2) is 52.1 Å². The molecule has 4 N–H and O–H groups in total. The zero-order chi connectivity index (χ0) is 24.0. The van der Waals surface area contributed by atoms with Gasteiger partial charge in [0.05, 0.1) is 37.5 Å². The minimum atomic E-state index is -0.842. The van der Waals surface area contributed by atoms with Crippen LogP contribution in [0.5, 0.6) is 0 Å². The molecule has 0 spiro atoms. The minimum absolute atomic E-state index is 0.0535. The lowest BCUT2D eigenvalue weighted by Crippen LogP contribution is -2.62. The summed E-state index contributed by atoms with van der Waals surface area (Å²) in [5.41, 5.74) is 14.2. The van der Waals surface area contributed by atoms with Crippen LogP contribution in [0.2, 0.25) is 0 Å². The maximum atomic E-state index is 14.8. The third-order valence-corrected chi connectivity index (χ3v) is 6.26. The summed E-state index contributed by atoms with van der Waals surface area (Å²) in [6.45, 7) is 4.37. The van der Waals surface area contributed by atoms with Crippen molar-refractivity contribution in [2.75, 3.05) is 41.0 Å². The third kappa shape index (κ3) is 3.83. The number of nitrogens with two attached hydrogens (primary N) is 2. The van der Waals surface area contributed by atoms with Gasteiger partial charge in [-0.25, -0.2) is 18.7 Å².